The highest BCUT2D eigenvalue weighted by molar-refractivity contribution is 7.99. The SMILES string of the molecule is CCSc1cccc(OC2CCCC(CC)C2)c1C#N. The fourth-order valence-corrected chi connectivity index (χ4v) is 3.67. The van der Waals surface area contributed by atoms with E-state index in [4.69, 9.17) is 4.74 Å². The molecule has 0 spiro atoms. The largest absolute Gasteiger partial charge is 0.489 e. The quantitative estimate of drug-likeness (QED) is 0.714. The summed E-state index contributed by atoms with van der Waals surface area (Å²) < 4.78 is 6.16. The molecule has 1 aliphatic rings. The van der Waals surface area contributed by atoms with Crippen molar-refractivity contribution in [1.82, 2.24) is 0 Å². The Kier molecular flexibility index (Phi) is 5.79. The first-order chi connectivity index (χ1) is 9.78. The number of hydrogen-bond donors (Lipinski definition) is 0. The van der Waals surface area contributed by atoms with Gasteiger partial charge in [-0.15, -0.1) is 11.8 Å². The number of benzene rings is 1. The zero-order chi connectivity index (χ0) is 14.4. The van der Waals surface area contributed by atoms with Gasteiger partial charge in [0.25, 0.3) is 0 Å². The molecule has 0 heterocycles. The lowest BCUT2D eigenvalue weighted by Crippen LogP contribution is -2.25. The van der Waals surface area contributed by atoms with Crippen molar-refractivity contribution in [2.24, 2.45) is 5.92 Å². The second-order valence-electron chi connectivity index (χ2n) is 5.35. The predicted molar refractivity (Wildman–Crippen MR) is 84.2 cm³/mol. The van der Waals surface area contributed by atoms with E-state index in [0.29, 0.717) is 5.56 Å². The highest BCUT2D eigenvalue weighted by atomic mass is 32.2. The van der Waals surface area contributed by atoms with Crippen molar-refractivity contribution >= 4 is 11.8 Å². The van der Waals surface area contributed by atoms with Gasteiger partial charge < -0.3 is 4.74 Å². The van der Waals surface area contributed by atoms with Crippen LogP contribution in [0.3, 0.4) is 0 Å². The Labute approximate surface area is 126 Å². The van der Waals surface area contributed by atoms with Gasteiger partial charge in [0.05, 0.1) is 6.10 Å². The Morgan fingerprint density at radius 2 is 2.20 bits per heavy atom. The van der Waals surface area contributed by atoms with Gasteiger partial charge in [-0.2, -0.15) is 5.26 Å². The van der Waals surface area contributed by atoms with Crippen LogP contribution in [0.25, 0.3) is 0 Å². The first-order valence-corrected chi connectivity index (χ1v) is 8.59. The number of ether oxygens (including phenoxy) is 1. The standard InChI is InChI=1S/C17H23NOS/c1-3-13-7-5-8-14(11-13)19-16-9-6-10-17(20-4-2)15(16)12-18/h6,9-10,13-14H,3-5,7-8,11H2,1-2H3. The summed E-state index contributed by atoms with van der Waals surface area (Å²) in [6, 6.07) is 8.26. The molecule has 0 aromatic heterocycles. The molecule has 0 bridgehead atoms. The summed E-state index contributed by atoms with van der Waals surface area (Å²) in [5.74, 6) is 2.53. The molecule has 0 amide bonds. The van der Waals surface area contributed by atoms with Gasteiger partial charge in [-0.1, -0.05) is 32.8 Å². The van der Waals surface area contributed by atoms with Crippen molar-refractivity contribution in [3.63, 3.8) is 0 Å². The van der Waals surface area contributed by atoms with Crippen LogP contribution in [0, 0.1) is 17.2 Å². The third-order valence-electron chi connectivity index (χ3n) is 4.01. The number of nitrogens with zero attached hydrogens (tertiary/aromatic N) is 1. The van der Waals surface area contributed by atoms with Crippen LogP contribution in [-0.4, -0.2) is 11.9 Å². The van der Waals surface area contributed by atoms with Gasteiger partial charge in [0.2, 0.25) is 0 Å². The molecule has 0 radical (unpaired) electrons. The normalized spacial score (nSPS) is 22.2. The molecule has 108 valence electrons. The van der Waals surface area contributed by atoms with Crippen LogP contribution in [0.2, 0.25) is 0 Å². The van der Waals surface area contributed by atoms with Gasteiger partial charge in [0, 0.05) is 4.90 Å². The minimum Gasteiger partial charge on any atom is -0.489 e. The molecule has 1 aromatic rings. The number of hydrogen-bond acceptors (Lipinski definition) is 3. The minimum atomic E-state index is 0.280. The monoisotopic (exact) mass is 289 g/mol. The predicted octanol–water partition coefficient (Wildman–Crippen LogP) is 5.02. The van der Waals surface area contributed by atoms with E-state index in [1.165, 1.54) is 19.3 Å². The molecule has 2 rings (SSSR count). The minimum absolute atomic E-state index is 0.280. The molecule has 1 aromatic carbocycles. The maximum Gasteiger partial charge on any atom is 0.138 e. The summed E-state index contributed by atoms with van der Waals surface area (Å²) in [7, 11) is 0. The zero-order valence-electron chi connectivity index (χ0n) is 12.4. The van der Waals surface area contributed by atoms with Crippen molar-refractivity contribution in [1.29, 1.82) is 5.26 Å². The molecule has 3 heteroatoms. The Balaban J connectivity index is 2.12. The summed E-state index contributed by atoms with van der Waals surface area (Å²) in [4.78, 5) is 1.04. The van der Waals surface area contributed by atoms with E-state index in [2.05, 4.69) is 19.9 Å². The van der Waals surface area contributed by atoms with E-state index in [0.717, 1.165) is 35.2 Å². The van der Waals surface area contributed by atoms with E-state index >= 15 is 0 Å². The van der Waals surface area contributed by atoms with Crippen LogP contribution in [0.15, 0.2) is 23.1 Å². The molecule has 0 aliphatic heterocycles. The van der Waals surface area contributed by atoms with Crippen LogP contribution in [0.4, 0.5) is 0 Å². The van der Waals surface area contributed by atoms with Crippen molar-refractivity contribution < 1.29 is 4.74 Å². The maximum absolute atomic E-state index is 9.41. The topological polar surface area (TPSA) is 33.0 Å². The molecule has 1 saturated carbocycles. The van der Waals surface area contributed by atoms with Gasteiger partial charge in [-0.05, 0) is 43.1 Å². The average molecular weight is 289 g/mol. The molecular weight excluding hydrogens is 266 g/mol. The van der Waals surface area contributed by atoms with E-state index in [-0.39, 0.29) is 6.10 Å². The Bertz CT molecular complexity index is 480. The van der Waals surface area contributed by atoms with Gasteiger partial charge in [0.15, 0.2) is 0 Å². The van der Waals surface area contributed by atoms with Crippen molar-refractivity contribution in [3.8, 4) is 11.8 Å². The maximum atomic E-state index is 9.41. The van der Waals surface area contributed by atoms with Crippen LogP contribution < -0.4 is 4.74 Å². The van der Waals surface area contributed by atoms with Gasteiger partial charge in [-0.25, -0.2) is 0 Å². The molecular formula is C17H23NOS. The van der Waals surface area contributed by atoms with Gasteiger partial charge in [0.1, 0.15) is 17.4 Å². The van der Waals surface area contributed by atoms with E-state index in [1.807, 2.05) is 18.2 Å². The molecule has 0 N–H and O–H groups in total. The molecule has 2 atom stereocenters. The summed E-state index contributed by atoms with van der Waals surface area (Å²) >= 11 is 1.71. The smallest absolute Gasteiger partial charge is 0.138 e. The third-order valence-corrected chi connectivity index (χ3v) is 4.95. The van der Waals surface area contributed by atoms with Crippen LogP contribution in [0.1, 0.15) is 51.5 Å². The van der Waals surface area contributed by atoms with Crippen molar-refractivity contribution in [2.75, 3.05) is 5.75 Å². The number of nitriles is 1. The first kappa shape index (κ1) is 15.3. The molecule has 20 heavy (non-hydrogen) atoms. The van der Waals surface area contributed by atoms with Crippen molar-refractivity contribution in [2.45, 2.75) is 57.0 Å². The van der Waals surface area contributed by atoms with Crippen molar-refractivity contribution in [3.05, 3.63) is 23.8 Å². The summed E-state index contributed by atoms with van der Waals surface area (Å²) in [5, 5.41) is 9.41. The first-order valence-electron chi connectivity index (χ1n) is 7.61. The average Bonchev–Trinajstić information content (AvgIpc) is 2.48. The Morgan fingerprint density at radius 1 is 1.35 bits per heavy atom. The molecule has 2 nitrogen and oxygen atoms in total. The Hall–Kier alpha value is -1.14. The summed E-state index contributed by atoms with van der Waals surface area (Å²) in [5.41, 5.74) is 0.706. The highest BCUT2D eigenvalue weighted by Gasteiger charge is 2.23. The fraction of sp³-hybridized carbons (Fsp3) is 0.588. The lowest BCUT2D eigenvalue weighted by atomic mass is 9.85. The van der Waals surface area contributed by atoms with E-state index in [1.54, 1.807) is 11.8 Å². The van der Waals surface area contributed by atoms with Gasteiger partial charge >= 0.3 is 0 Å². The van der Waals surface area contributed by atoms with E-state index in [9.17, 15) is 5.26 Å². The Morgan fingerprint density at radius 3 is 2.90 bits per heavy atom. The highest BCUT2D eigenvalue weighted by Crippen LogP contribution is 2.33. The molecule has 0 saturated heterocycles. The lowest BCUT2D eigenvalue weighted by molar-refractivity contribution is 0.121. The second kappa shape index (κ2) is 7.59. The second-order valence-corrected chi connectivity index (χ2v) is 6.66. The summed E-state index contributed by atoms with van der Waals surface area (Å²) in [6.07, 6.45) is 6.33. The third kappa shape index (κ3) is 3.70. The van der Waals surface area contributed by atoms with Crippen LogP contribution >= 0.6 is 11.8 Å². The molecule has 1 fully saturated rings. The van der Waals surface area contributed by atoms with Crippen LogP contribution in [-0.2, 0) is 0 Å². The number of thioether (sulfide) groups is 1. The van der Waals surface area contributed by atoms with Crippen LogP contribution in [0.5, 0.6) is 5.75 Å². The lowest BCUT2D eigenvalue weighted by Gasteiger charge is -2.29. The zero-order valence-corrected chi connectivity index (χ0v) is 13.2. The van der Waals surface area contributed by atoms with Gasteiger partial charge in [-0.3, -0.25) is 0 Å². The summed E-state index contributed by atoms with van der Waals surface area (Å²) in [6.45, 7) is 4.36. The fourth-order valence-electron chi connectivity index (χ4n) is 2.89. The molecule has 1 aliphatic carbocycles. The van der Waals surface area contributed by atoms with E-state index < -0.39 is 0 Å². The number of rotatable bonds is 5. The molecule has 2 unspecified atom stereocenters.